The van der Waals surface area contributed by atoms with Crippen LogP contribution < -0.4 is 11.5 Å². The van der Waals surface area contributed by atoms with Crippen molar-refractivity contribution in [3.05, 3.63) is 108 Å². The molecule has 6 rings (SSSR count). The predicted molar refractivity (Wildman–Crippen MR) is 186 cm³/mol. The van der Waals surface area contributed by atoms with Crippen LogP contribution in [0.5, 0.6) is 0 Å². The van der Waals surface area contributed by atoms with Gasteiger partial charge < -0.3 is 11.5 Å². The topological polar surface area (TPSA) is 210 Å². The van der Waals surface area contributed by atoms with Crippen molar-refractivity contribution in [3.63, 3.8) is 0 Å². The first-order valence-electron chi connectivity index (χ1n) is 14.3. The van der Waals surface area contributed by atoms with Crippen molar-refractivity contribution in [3.8, 4) is 11.1 Å². The van der Waals surface area contributed by atoms with Crippen LogP contribution in [0.2, 0.25) is 0 Å². The maximum absolute atomic E-state index is 12.0. The van der Waals surface area contributed by atoms with E-state index in [9.17, 15) is 25.9 Å². The van der Waals surface area contributed by atoms with E-state index in [1.54, 1.807) is 60.7 Å². The Hall–Kier alpha value is -5.54. The van der Waals surface area contributed by atoms with Crippen LogP contribution in [-0.2, 0) is 20.2 Å². The summed E-state index contributed by atoms with van der Waals surface area (Å²) in [5.74, 6) is 0. The molecule has 0 aliphatic heterocycles. The van der Waals surface area contributed by atoms with Crippen LogP contribution in [0.4, 0.5) is 34.1 Å². The van der Waals surface area contributed by atoms with E-state index in [-0.39, 0.29) is 22.7 Å². The Morgan fingerprint density at radius 3 is 1.19 bits per heavy atom. The van der Waals surface area contributed by atoms with Crippen molar-refractivity contribution in [2.45, 2.75) is 23.6 Å². The zero-order valence-corrected chi connectivity index (χ0v) is 27.2. The Morgan fingerprint density at radius 1 is 0.500 bits per heavy atom. The summed E-state index contributed by atoms with van der Waals surface area (Å²) in [7, 11) is -9.18. The van der Waals surface area contributed by atoms with Crippen molar-refractivity contribution in [2.24, 2.45) is 20.5 Å². The molecule has 0 spiro atoms. The van der Waals surface area contributed by atoms with E-state index in [1.807, 2.05) is 38.1 Å². The molecule has 0 saturated heterocycles. The molecule has 242 valence electrons. The average molecular weight is 681 g/mol. The minimum Gasteiger partial charge on any atom is -0.397 e. The maximum Gasteiger partial charge on any atom is 0.296 e. The maximum atomic E-state index is 12.0. The Morgan fingerprint density at radius 2 is 0.854 bits per heavy atom. The molecule has 0 unspecified atom stereocenters. The van der Waals surface area contributed by atoms with E-state index in [4.69, 9.17) is 11.5 Å². The summed E-state index contributed by atoms with van der Waals surface area (Å²) in [5, 5.41) is 19.3. The van der Waals surface area contributed by atoms with Crippen LogP contribution in [-0.4, -0.2) is 25.9 Å². The number of hydrogen-bond acceptors (Lipinski definition) is 10. The van der Waals surface area contributed by atoms with Crippen LogP contribution in [0, 0.1) is 13.8 Å². The number of anilines is 2. The van der Waals surface area contributed by atoms with Gasteiger partial charge in [0.05, 0.1) is 34.1 Å². The van der Waals surface area contributed by atoms with Gasteiger partial charge in [-0.3, -0.25) is 9.11 Å². The number of nitrogen functional groups attached to an aromatic ring is 2. The molecule has 0 aliphatic rings. The second kappa shape index (κ2) is 12.2. The number of rotatable bonds is 7. The summed E-state index contributed by atoms with van der Waals surface area (Å²) in [6.07, 6.45) is 0. The van der Waals surface area contributed by atoms with Crippen molar-refractivity contribution in [1.29, 1.82) is 0 Å². The van der Waals surface area contributed by atoms with Crippen LogP contribution >= 0.6 is 0 Å². The predicted octanol–water partition coefficient (Wildman–Crippen LogP) is 8.77. The normalized spacial score (nSPS) is 12.5. The fourth-order valence-corrected chi connectivity index (χ4v) is 6.84. The third-order valence-corrected chi connectivity index (χ3v) is 9.65. The number of fused-ring (bicyclic) bond motifs is 2. The summed E-state index contributed by atoms with van der Waals surface area (Å²) in [6, 6.07) is 27.1. The van der Waals surface area contributed by atoms with E-state index in [0.717, 1.165) is 22.3 Å². The first-order valence-corrected chi connectivity index (χ1v) is 17.2. The lowest BCUT2D eigenvalue weighted by Gasteiger charge is -2.11. The van der Waals surface area contributed by atoms with E-state index in [1.165, 1.54) is 12.1 Å². The van der Waals surface area contributed by atoms with E-state index >= 15 is 0 Å². The number of nitrogens with two attached hydrogens (primary N) is 2. The van der Waals surface area contributed by atoms with Crippen LogP contribution in [0.3, 0.4) is 0 Å². The Balaban J connectivity index is 1.30. The van der Waals surface area contributed by atoms with Gasteiger partial charge in [0.25, 0.3) is 20.2 Å². The highest BCUT2D eigenvalue weighted by Crippen LogP contribution is 2.39. The minimum atomic E-state index is -4.59. The van der Waals surface area contributed by atoms with Gasteiger partial charge in [-0.15, -0.1) is 10.2 Å². The molecule has 0 saturated carbocycles. The summed E-state index contributed by atoms with van der Waals surface area (Å²) in [6.45, 7) is 3.85. The molecule has 12 nitrogen and oxygen atoms in total. The highest BCUT2D eigenvalue weighted by molar-refractivity contribution is 7.86. The minimum absolute atomic E-state index is 0.0693. The van der Waals surface area contributed by atoms with Gasteiger partial charge in [0, 0.05) is 21.5 Å². The van der Waals surface area contributed by atoms with Gasteiger partial charge in [0.1, 0.15) is 9.79 Å². The molecule has 0 fully saturated rings. The highest BCUT2D eigenvalue weighted by Gasteiger charge is 2.20. The van der Waals surface area contributed by atoms with Gasteiger partial charge in [0.15, 0.2) is 0 Å². The van der Waals surface area contributed by atoms with Crippen LogP contribution in [0.1, 0.15) is 11.1 Å². The molecule has 48 heavy (non-hydrogen) atoms. The quantitative estimate of drug-likeness (QED) is 0.0725. The van der Waals surface area contributed by atoms with Gasteiger partial charge >= 0.3 is 0 Å². The average Bonchev–Trinajstić information content (AvgIpc) is 3.03. The lowest BCUT2D eigenvalue weighted by Crippen LogP contribution is -2.03. The van der Waals surface area contributed by atoms with Gasteiger partial charge in [0.2, 0.25) is 0 Å². The molecule has 6 aromatic rings. The summed E-state index contributed by atoms with van der Waals surface area (Å²) < 4.78 is 67.2. The standard InChI is InChI=1S/C34H28N6O6S2/c1-19-15-21(37-39-29-17-31(47(41,42)43)33(35)27-9-5-3-7-25(27)29)11-13-23(19)24-14-12-22(16-20(24)2)38-40-30-18-32(48(44,45)46)34(36)28-10-6-4-8-26(28)30/h3-18H,35-36H2,1-2H3,(H,41,42,43)(H,44,45,46). The number of azo groups is 2. The Labute approximate surface area is 276 Å². The monoisotopic (exact) mass is 680 g/mol. The van der Waals surface area contributed by atoms with Crippen LogP contribution in [0.15, 0.2) is 127 Å². The summed E-state index contributed by atoms with van der Waals surface area (Å²) in [5.41, 5.74) is 17.1. The molecule has 6 aromatic carbocycles. The SMILES string of the molecule is Cc1cc(N=Nc2cc(S(=O)(=O)O)c(N)c3ccccc23)ccc1-c1ccc(N=Nc2cc(S(=O)(=O)O)c(N)c3ccccc23)cc1C. The molecular formula is C34H28N6O6S2. The highest BCUT2D eigenvalue weighted by atomic mass is 32.2. The summed E-state index contributed by atoms with van der Waals surface area (Å²) in [4.78, 5) is -0.880. The van der Waals surface area contributed by atoms with Gasteiger partial charge in [-0.1, -0.05) is 60.7 Å². The van der Waals surface area contributed by atoms with Crippen molar-refractivity contribution in [1.82, 2.24) is 0 Å². The lowest BCUT2D eigenvalue weighted by molar-refractivity contribution is 0.481. The van der Waals surface area contributed by atoms with E-state index in [2.05, 4.69) is 20.5 Å². The molecule has 0 aromatic heterocycles. The fourth-order valence-electron chi connectivity index (χ4n) is 5.55. The molecule has 0 atom stereocenters. The molecule has 6 N–H and O–H groups in total. The third kappa shape index (κ3) is 6.24. The fraction of sp³-hybridized carbons (Fsp3) is 0.0588. The van der Waals surface area contributed by atoms with E-state index < -0.39 is 30.0 Å². The van der Waals surface area contributed by atoms with Crippen molar-refractivity contribution >= 4 is 75.9 Å². The molecule has 0 aliphatic carbocycles. The summed E-state index contributed by atoms with van der Waals surface area (Å²) >= 11 is 0. The lowest BCUT2D eigenvalue weighted by atomic mass is 9.96. The van der Waals surface area contributed by atoms with Gasteiger partial charge in [-0.05, 0) is 72.5 Å². The van der Waals surface area contributed by atoms with Gasteiger partial charge in [-0.25, -0.2) is 0 Å². The van der Waals surface area contributed by atoms with Crippen molar-refractivity contribution < 1.29 is 25.9 Å². The van der Waals surface area contributed by atoms with E-state index in [0.29, 0.717) is 32.9 Å². The first-order chi connectivity index (χ1) is 22.7. The second-order valence-electron chi connectivity index (χ2n) is 11.1. The molecule has 0 heterocycles. The first kappa shape index (κ1) is 32.4. The largest absolute Gasteiger partial charge is 0.397 e. The second-order valence-corrected chi connectivity index (χ2v) is 13.8. The number of benzene rings is 6. The Kier molecular flexibility index (Phi) is 8.26. The molecule has 0 radical (unpaired) electrons. The molecule has 0 bridgehead atoms. The molecule has 0 amide bonds. The third-order valence-electron chi connectivity index (χ3n) is 7.87. The smallest absolute Gasteiger partial charge is 0.296 e. The number of hydrogen-bond donors (Lipinski definition) is 4. The molecular weight excluding hydrogens is 653 g/mol. The van der Waals surface area contributed by atoms with Gasteiger partial charge in [-0.2, -0.15) is 27.1 Å². The number of nitrogens with zero attached hydrogens (tertiary/aromatic N) is 4. The number of aryl methyl sites for hydroxylation is 2. The Bertz CT molecular complexity index is 2390. The zero-order valence-electron chi connectivity index (χ0n) is 25.5. The van der Waals surface area contributed by atoms with Crippen LogP contribution in [0.25, 0.3) is 32.7 Å². The molecule has 14 heteroatoms. The van der Waals surface area contributed by atoms with Crippen molar-refractivity contribution in [2.75, 3.05) is 11.5 Å². The zero-order chi connectivity index (χ0) is 34.4.